The van der Waals surface area contributed by atoms with Crippen LogP contribution >= 0.6 is 0 Å². The van der Waals surface area contributed by atoms with E-state index in [9.17, 15) is 10.1 Å². The van der Waals surface area contributed by atoms with Crippen molar-refractivity contribution < 1.29 is 14.4 Å². The lowest BCUT2D eigenvalue weighted by atomic mass is 10.0. The number of non-ortho nitro benzene ring substituents is 1. The van der Waals surface area contributed by atoms with Gasteiger partial charge >= 0.3 is 0 Å². The van der Waals surface area contributed by atoms with E-state index in [4.69, 9.17) is 9.47 Å². The quantitative estimate of drug-likeness (QED) is 0.355. The Hall–Kier alpha value is -4.14. The molecule has 0 aliphatic heterocycles. The Labute approximate surface area is 178 Å². The number of nitrogens with one attached hydrogen (secondary N) is 1. The Balaban J connectivity index is 1.87. The maximum Gasteiger partial charge on any atom is 0.278 e. The van der Waals surface area contributed by atoms with Crippen molar-refractivity contribution in [3.05, 3.63) is 82.6 Å². The number of aryl methyl sites for hydroxylation is 1. The maximum absolute atomic E-state index is 11.5. The summed E-state index contributed by atoms with van der Waals surface area (Å²) >= 11 is 0. The van der Waals surface area contributed by atoms with Gasteiger partial charge in [0.1, 0.15) is 28.9 Å². The van der Waals surface area contributed by atoms with Gasteiger partial charge in [-0.3, -0.25) is 15.1 Å². The second-order valence-electron chi connectivity index (χ2n) is 6.91. The lowest BCUT2D eigenvalue weighted by Crippen LogP contribution is -2.17. The zero-order valence-corrected chi connectivity index (χ0v) is 17.3. The number of hydrogen-bond donors (Lipinski definition) is 1. The lowest BCUT2D eigenvalue weighted by molar-refractivity contribution is -0.383. The molecule has 9 nitrogen and oxygen atoms in total. The van der Waals surface area contributed by atoms with Crippen LogP contribution in [0.15, 0.2) is 61.1 Å². The Bertz CT molecular complexity index is 1230. The maximum atomic E-state index is 11.5. The topological polar surface area (TPSA) is 104 Å². The van der Waals surface area contributed by atoms with E-state index in [1.807, 2.05) is 29.9 Å². The third-order valence-electron chi connectivity index (χ3n) is 5.07. The predicted octanol–water partition coefficient (Wildman–Crippen LogP) is 4.10. The summed E-state index contributed by atoms with van der Waals surface area (Å²) in [5, 5.41) is 15.4. The molecule has 0 saturated heterocycles. The molecule has 0 fully saturated rings. The number of nitrogens with zero attached hydrogens (tertiary/aromatic N) is 4. The van der Waals surface area contributed by atoms with Crippen molar-refractivity contribution in [1.29, 1.82) is 0 Å². The molecule has 0 saturated carbocycles. The molecule has 0 bridgehead atoms. The van der Waals surface area contributed by atoms with E-state index in [-0.39, 0.29) is 5.69 Å². The summed E-state index contributed by atoms with van der Waals surface area (Å²) in [6.45, 7) is 0. The average molecular weight is 419 g/mol. The first-order valence-corrected chi connectivity index (χ1v) is 9.50. The number of nitro benzene ring substituents is 1. The molecule has 158 valence electrons. The van der Waals surface area contributed by atoms with Crippen molar-refractivity contribution in [3.8, 4) is 11.5 Å². The van der Waals surface area contributed by atoms with Crippen LogP contribution in [0.25, 0.3) is 10.9 Å². The molecule has 0 aliphatic rings. The molecule has 31 heavy (non-hydrogen) atoms. The number of methoxy groups -OCH3 is 2. The molecule has 4 aromatic rings. The number of benzene rings is 2. The lowest BCUT2D eigenvalue weighted by Gasteiger charge is -2.22. The van der Waals surface area contributed by atoms with E-state index in [2.05, 4.69) is 15.3 Å². The second kappa shape index (κ2) is 8.31. The third-order valence-corrected chi connectivity index (χ3v) is 5.07. The Morgan fingerprint density at radius 3 is 2.42 bits per heavy atom. The Morgan fingerprint density at radius 1 is 1.06 bits per heavy atom. The van der Waals surface area contributed by atoms with Crippen LogP contribution in [-0.2, 0) is 7.05 Å². The van der Waals surface area contributed by atoms with Gasteiger partial charge in [-0.2, -0.15) is 0 Å². The van der Waals surface area contributed by atoms with Crippen molar-refractivity contribution in [2.45, 2.75) is 6.04 Å². The second-order valence-corrected chi connectivity index (χ2v) is 6.91. The van der Waals surface area contributed by atoms with Crippen LogP contribution in [0.1, 0.15) is 17.4 Å². The molecule has 0 radical (unpaired) electrons. The standard InChI is InChI=1S/C22H21N5O4/c1-26-10-9-24-22(26)20(14-11-15(30-2)13-16(12-14)31-3)25-18-6-7-19(27(28)29)17-5-4-8-23-21(17)18/h4-13,20,25H,1-3H3. The largest absolute Gasteiger partial charge is 0.497 e. The van der Waals surface area contributed by atoms with E-state index in [0.29, 0.717) is 28.1 Å². The molecule has 0 aliphatic carbocycles. The summed E-state index contributed by atoms with van der Waals surface area (Å²) < 4.78 is 12.8. The SMILES string of the molecule is COc1cc(OC)cc(C(Nc2ccc([N+](=O)[O-])c3cccnc23)c2nccn2C)c1. The zero-order valence-electron chi connectivity index (χ0n) is 17.3. The fraction of sp³-hybridized carbons (Fsp3) is 0.182. The first kappa shape index (κ1) is 20.1. The summed E-state index contributed by atoms with van der Waals surface area (Å²) in [7, 11) is 5.09. The fourth-order valence-corrected chi connectivity index (χ4v) is 3.54. The number of nitro groups is 1. The molecule has 0 amide bonds. The number of pyridine rings is 1. The van der Waals surface area contributed by atoms with Crippen molar-refractivity contribution in [3.63, 3.8) is 0 Å². The average Bonchev–Trinajstić information content (AvgIpc) is 3.22. The number of hydrogen-bond acceptors (Lipinski definition) is 7. The van der Waals surface area contributed by atoms with Crippen LogP contribution in [-0.4, -0.2) is 33.7 Å². The van der Waals surface area contributed by atoms with Crippen LogP contribution in [0.4, 0.5) is 11.4 Å². The van der Waals surface area contributed by atoms with Crippen LogP contribution in [0.3, 0.4) is 0 Å². The summed E-state index contributed by atoms with van der Waals surface area (Å²) in [5.74, 6) is 2.03. The summed E-state index contributed by atoms with van der Waals surface area (Å²) in [4.78, 5) is 20.0. The van der Waals surface area contributed by atoms with Crippen molar-refractivity contribution >= 4 is 22.3 Å². The van der Waals surface area contributed by atoms with E-state index in [0.717, 1.165) is 11.4 Å². The normalized spacial score (nSPS) is 11.8. The molecule has 9 heteroatoms. The molecular weight excluding hydrogens is 398 g/mol. The fourth-order valence-electron chi connectivity index (χ4n) is 3.54. The molecule has 4 rings (SSSR count). The minimum absolute atomic E-state index is 0.00485. The van der Waals surface area contributed by atoms with E-state index >= 15 is 0 Å². The van der Waals surface area contributed by atoms with Gasteiger partial charge < -0.3 is 19.4 Å². The summed E-state index contributed by atoms with van der Waals surface area (Å²) in [6.07, 6.45) is 5.18. The molecule has 2 aromatic carbocycles. The van der Waals surface area contributed by atoms with Gasteiger partial charge in [-0.15, -0.1) is 0 Å². The van der Waals surface area contributed by atoms with Crippen molar-refractivity contribution in [1.82, 2.24) is 14.5 Å². The highest BCUT2D eigenvalue weighted by Gasteiger charge is 2.23. The van der Waals surface area contributed by atoms with Gasteiger partial charge in [-0.1, -0.05) is 0 Å². The van der Waals surface area contributed by atoms with Gasteiger partial charge in [0.05, 0.1) is 30.2 Å². The number of anilines is 1. The molecule has 1 N–H and O–H groups in total. The van der Waals surface area contributed by atoms with Gasteiger partial charge in [0.15, 0.2) is 0 Å². The molecule has 1 atom stereocenters. The first-order chi connectivity index (χ1) is 15.0. The van der Waals surface area contributed by atoms with E-state index in [1.54, 1.807) is 50.9 Å². The molecule has 2 aromatic heterocycles. The van der Waals surface area contributed by atoms with Gasteiger partial charge in [0, 0.05) is 37.8 Å². The molecule has 1 unspecified atom stereocenters. The van der Waals surface area contributed by atoms with Crippen LogP contribution in [0, 0.1) is 10.1 Å². The molecular formula is C22H21N5O4. The highest BCUT2D eigenvalue weighted by molar-refractivity contribution is 5.96. The number of aromatic nitrogens is 3. The highest BCUT2D eigenvalue weighted by atomic mass is 16.6. The first-order valence-electron chi connectivity index (χ1n) is 9.50. The predicted molar refractivity (Wildman–Crippen MR) is 117 cm³/mol. The van der Waals surface area contributed by atoms with Crippen molar-refractivity contribution in [2.24, 2.45) is 7.05 Å². The molecule has 2 heterocycles. The minimum atomic E-state index is -0.406. The van der Waals surface area contributed by atoms with Gasteiger partial charge in [0.2, 0.25) is 0 Å². The van der Waals surface area contributed by atoms with Gasteiger partial charge in [0.25, 0.3) is 5.69 Å². The van der Waals surface area contributed by atoms with Crippen LogP contribution in [0.2, 0.25) is 0 Å². The smallest absolute Gasteiger partial charge is 0.278 e. The summed E-state index contributed by atoms with van der Waals surface area (Å²) in [5.41, 5.74) is 2.01. The number of imidazole rings is 1. The minimum Gasteiger partial charge on any atom is -0.497 e. The third kappa shape index (κ3) is 3.85. The molecule has 0 spiro atoms. The Morgan fingerprint density at radius 2 is 1.81 bits per heavy atom. The van der Waals surface area contributed by atoms with Crippen molar-refractivity contribution in [2.75, 3.05) is 19.5 Å². The van der Waals surface area contributed by atoms with Gasteiger partial charge in [-0.05, 0) is 35.9 Å². The van der Waals surface area contributed by atoms with E-state index in [1.165, 1.54) is 6.07 Å². The van der Waals surface area contributed by atoms with Gasteiger partial charge in [-0.25, -0.2) is 4.98 Å². The summed E-state index contributed by atoms with van der Waals surface area (Å²) in [6, 6.07) is 11.7. The Kier molecular flexibility index (Phi) is 5.40. The van der Waals surface area contributed by atoms with Crippen LogP contribution < -0.4 is 14.8 Å². The monoisotopic (exact) mass is 419 g/mol. The highest BCUT2D eigenvalue weighted by Crippen LogP contribution is 2.35. The zero-order chi connectivity index (χ0) is 22.0. The number of ether oxygens (including phenoxy) is 2. The number of fused-ring (bicyclic) bond motifs is 1. The number of rotatable bonds is 7. The van der Waals surface area contributed by atoms with Crippen LogP contribution in [0.5, 0.6) is 11.5 Å². The van der Waals surface area contributed by atoms with E-state index < -0.39 is 11.0 Å².